The highest BCUT2D eigenvalue weighted by atomic mass is 32.1. The third kappa shape index (κ3) is 1.70. The highest BCUT2D eigenvalue weighted by Gasteiger charge is 2.19. The second-order valence-corrected chi connectivity index (χ2v) is 6.31. The Morgan fingerprint density at radius 1 is 1.44 bits per heavy atom. The van der Waals surface area contributed by atoms with Crippen LogP contribution in [0.3, 0.4) is 0 Å². The zero-order valence-corrected chi connectivity index (χ0v) is 11.1. The molecule has 0 aromatic carbocycles. The topological polar surface area (TPSA) is 24.9 Å². The predicted molar refractivity (Wildman–Crippen MR) is 75.8 cm³/mol. The van der Waals surface area contributed by atoms with Gasteiger partial charge >= 0.3 is 0 Å². The van der Waals surface area contributed by atoms with Crippen molar-refractivity contribution in [1.29, 1.82) is 0 Å². The van der Waals surface area contributed by atoms with Crippen LogP contribution in [0.1, 0.15) is 24.3 Å². The Morgan fingerprint density at radius 2 is 2.44 bits per heavy atom. The van der Waals surface area contributed by atoms with Crippen LogP contribution >= 0.6 is 11.3 Å². The van der Waals surface area contributed by atoms with E-state index in [-0.39, 0.29) is 0 Å². The first-order chi connectivity index (χ1) is 8.90. The highest BCUT2D eigenvalue weighted by molar-refractivity contribution is 7.09. The van der Waals surface area contributed by atoms with E-state index in [1.165, 1.54) is 45.4 Å². The smallest absolute Gasteiger partial charge is 0.0954 e. The first kappa shape index (κ1) is 10.7. The van der Waals surface area contributed by atoms with Gasteiger partial charge in [-0.05, 0) is 43.0 Å². The van der Waals surface area contributed by atoms with Gasteiger partial charge in [0, 0.05) is 12.5 Å². The molecule has 4 rings (SSSR count). The summed E-state index contributed by atoms with van der Waals surface area (Å²) in [6, 6.07) is 0.655. The van der Waals surface area contributed by atoms with Crippen LogP contribution in [0.2, 0.25) is 0 Å². The number of hydrogen-bond donors (Lipinski definition) is 1. The maximum absolute atomic E-state index is 4.87. The second kappa shape index (κ2) is 4.18. The first-order valence-electron chi connectivity index (χ1n) is 6.71. The standard InChI is InChI=1S/C15H16N2S/c1-2-6-12-10(4-1)8-13-15(12)17-14(18-13)9-11-5-3-7-16-11/h1-2,4,8,11,16H,3,5-7,9H2. The molecule has 0 spiro atoms. The molecule has 0 bridgehead atoms. The van der Waals surface area contributed by atoms with Gasteiger partial charge in [-0.1, -0.05) is 18.2 Å². The van der Waals surface area contributed by atoms with Crippen molar-refractivity contribution in [3.05, 3.63) is 38.7 Å². The van der Waals surface area contributed by atoms with E-state index in [0.29, 0.717) is 6.04 Å². The molecule has 0 saturated carbocycles. The lowest BCUT2D eigenvalue weighted by molar-refractivity contribution is 0.601. The van der Waals surface area contributed by atoms with E-state index < -0.39 is 0 Å². The van der Waals surface area contributed by atoms with Crippen LogP contribution in [0.4, 0.5) is 0 Å². The van der Waals surface area contributed by atoms with Crippen LogP contribution in [0.25, 0.3) is 11.6 Å². The number of hydrogen-bond acceptors (Lipinski definition) is 3. The van der Waals surface area contributed by atoms with Gasteiger partial charge in [0.1, 0.15) is 0 Å². The van der Waals surface area contributed by atoms with Crippen LogP contribution in [-0.2, 0) is 6.42 Å². The summed E-state index contributed by atoms with van der Waals surface area (Å²) in [6.45, 7) is 1.18. The number of thiazole rings is 1. The number of nitrogens with zero attached hydrogens (tertiary/aromatic N) is 1. The quantitative estimate of drug-likeness (QED) is 0.862. The summed E-state index contributed by atoms with van der Waals surface area (Å²) in [5, 5.41) is 6.11. The largest absolute Gasteiger partial charge is 0.314 e. The normalized spacial score (nSPS) is 24.8. The lowest BCUT2D eigenvalue weighted by atomic mass is 10.0. The Labute approximate surface area is 110 Å². The fourth-order valence-corrected chi connectivity index (χ4v) is 4.13. The first-order valence-corrected chi connectivity index (χ1v) is 7.53. The monoisotopic (exact) mass is 256 g/mol. The molecule has 92 valence electrons. The molecule has 1 fully saturated rings. The molecule has 1 aromatic rings. The minimum atomic E-state index is 0.655. The zero-order valence-electron chi connectivity index (χ0n) is 10.3. The van der Waals surface area contributed by atoms with Gasteiger partial charge in [-0.2, -0.15) is 0 Å². The lowest BCUT2D eigenvalue weighted by Gasteiger charge is -2.07. The van der Waals surface area contributed by atoms with Crippen molar-refractivity contribution < 1.29 is 0 Å². The SMILES string of the molecule is C1=CCC2=c3nc(CC4CCCN4)sc3=CC2=C1. The number of aromatic nitrogens is 1. The summed E-state index contributed by atoms with van der Waals surface area (Å²) in [5.74, 6) is 0. The van der Waals surface area contributed by atoms with Gasteiger partial charge in [0.25, 0.3) is 0 Å². The fraction of sp³-hybridized carbons (Fsp3) is 0.400. The Kier molecular flexibility index (Phi) is 2.49. The van der Waals surface area contributed by atoms with Gasteiger partial charge in [0.05, 0.1) is 14.9 Å². The fourth-order valence-electron chi connectivity index (χ4n) is 3.01. The molecular weight excluding hydrogens is 240 g/mol. The Morgan fingerprint density at radius 3 is 3.33 bits per heavy atom. The molecule has 2 aliphatic carbocycles. The molecule has 18 heavy (non-hydrogen) atoms. The van der Waals surface area contributed by atoms with Gasteiger partial charge in [0.15, 0.2) is 0 Å². The third-order valence-electron chi connectivity index (χ3n) is 3.94. The highest BCUT2D eigenvalue weighted by Crippen LogP contribution is 2.23. The summed E-state index contributed by atoms with van der Waals surface area (Å²) in [6.07, 6.45) is 13.6. The molecule has 1 N–H and O–H groups in total. The van der Waals surface area contributed by atoms with Crippen molar-refractivity contribution in [2.24, 2.45) is 0 Å². The van der Waals surface area contributed by atoms with Crippen LogP contribution in [0.5, 0.6) is 0 Å². The summed E-state index contributed by atoms with van der Waals surface area (Å²) >= 11 is 1.88. The van der Waals surface area contributed by atoms with E-state index in [0.717, 1.165) is 12.8 Å². The van der Waals surface area contributed by atoms with Gasteiger partial charge in [0.2, 0.25) is 0 Å². The third-order valence-corrected chi connectivity index (χ3v) is 4.96. The number of allylic oxidation sites excluding steroid dienone is 4. The summed E-state index contributed by atoms with van der Waals surface area (Å²) in [4.78, 5) is 4.87. The van der Waals surface area contributed by atoms with Crippen molar-refractivity contribution in [3.8, 4) is 0 Å². The molecule has 2 heterocycles. The number of fused-ring (bicyclic) bond motifs is 2. The summed E-state index contributed by atoms with van der Waals surface area (Å²) in [5.41, 5.74) is 2.80. The maximum atomic E-state index is 4.87. The molecule has 1 saturated heterocycles. The molecule has 3 aliphatic rings. The molecule has 0 radical (unpaired) electrons. The molecule has 1 unspecified atom stereocenters. The van der Waals surface area contributed by atoms with Crippen molar-refractivity contribution in [2.45, 2.75) is 31.7 Å². The van der Waals surface area contributed by atoms with Crippen molar-refractivity contribution in [1.82, 2.24) is 10.3 Å². The molecule has 1 aromatic heterocycles. The van der Waals surface area contributed by atoms with Crippen molar-refractivity contribution in [2.75, 3.05) is 6.54 Å². The maximum Gasteiger partial charge on any atom is 0.0954 e. The Bertz CT molecular complexity index is 657. The van der Waals surface area contributed by atoms with Crippen LogP contribution in [0, 0.1) is 0 Å². The van der Waals surface area contributed by atoms with Gasteiger partial charge in [-0.25, -0.2) is 4.98 Å². The number of rotatable bonds is 2. The lowest BCUT2D eigenvalue weighted by Crippen LogP contribution is -2.24. The van der Waals surface area contributed by atoms with Gasteiger partial charge in [-0.3, -0.25) is 0 Å². The molecule has 3 heteroatoms. The molecule has 1 atom stereocenters. The van der Waals surface area contributed by atoms with Crippen molar-refractivity contribution >= 4 is 23.0 Å². The van der Waals surface area contributed by atoms with E-state index in [1.54, 1.807) is 0 Å². The molecule has 0 amide bonds. The summed E-state index contributed by atoms with van der Waals surface area (Å²) in [7, 11) is 0. The molecular formula is C15H16N2S. The van der Waals surface area contributed by atoms with E-state index in [1.807, 2.05) is 11.3 Å². The minimum Gasteiger partial charge on any atom is -0.314 e. The minimum absolute atomic E-state index is 0.655. The Hall–Kier alpha value is -1.19. The predicted octanol–water partition coefficient (Wildman–Crippen LogP) is 1.27. The van der Waals surface area contributed by atoms with E-state index >= 15 is 0 Å². The van der Waals surface area contributed by atoms with Gasteiger partial charge < -0.3 is 5.32 Å². The average molecular weight is 256 g/mol. The number of nitrogens with one attached hydrogen (secondary N) is 1. The average Bonchev–Trinajstić information content (AvgIpc) is 3.05. The van der Waals surface area contributed by atoms with Crippen LogP contribution < -0.4 is 15.2 Å². The zero-order chi connectivity index (χ0) is 11.9. The van der Waals surface area contributed by atoms with E-state index in [4.69, 9.17) is 4.98 Å². The van der Waals surface area contributed by atoms with Crippen LogP contribution in [-0.4, -0.2) is 17.6 Å². The summed E-state index contributed by atoms with van der Waals surface area (Å²) < 4.78 is 1.37. The van der Waals surface area contributed by atoms with Crippen LogP contribution in [0.15, 0.2) is 23.8 Å². The van der Waals surface area contributed by atoms with E-state index in [9.17, 15) is 0 Å². The molecule has 2 nitrogen and oxygen atoms in total. The second-order valence-electron chi connectivity index (χ2n) is 5.20. The van der Waals surface area contributed by atoms with Gasteiger partial charge in [-0.15, -0.1) is 11.3 Å². The Balaban J connectivity index is 1.69. The molecule has 1 aliphatic heterocycles. The van der Waals surface area contributed by atoms with Crippen molar-refractivity contribution in [3.63, 3.8) is 0 Å². The van der Waals surface area contributed by atoms with E-state index in [2.05, 4.69) is 29.6 Å².